The molecule has 0 fully saturated rings. The highest BCUT2D eigenvalue weighted by Gasteiger charge is 2.30. The number of Topliss-reactive ketones (excluding diaryl/α,β-unsaturated/α-hetero) is 1. The summed E-state index contributed by atoms with van der Waals surface area (Å²) in [6.45, 7) is 0. The van der Waals surface area contributed by atoms with Crippen molar-refractivity contribution in [3.63, 3.8) is 0 Å². The second-order valence-electron chi connectivity index (χ2n) is 6.64. The van der Waals surface area contributed by atoms with Crippen LogP contribution in [-0.2, 0) is 12.6 Å². The maximum absolute atomic E-state index is 12.7. The average molecular weight is 409 g/mol. The number of pyridine rings is 2. The van der Waals surface area contributed by atoms with Crippen LogP contribution in [0.2, 0.25) is 0 Å². The Morgan fingerprint density at radius 3 is 2.33 bits per heavy atom. The predicted molar refractivity (Wildman–Crippen MR) is 103 cm³/mol. The summed E-state index contributed by atoms with van der Waals surface area (Å²) in [7, 11) is 0. The normalized spacial score (nSPS) is 11.6. The molecule has 0 atom stereocenters. The molecule has 5 nitrogen and oxygen atoms in total. The summed E-state index contributed by atoms with van der Waals surface area (Å²) in [4.78, 5) is 36.3. The maximum atomic E-state index is 12.7. The SMILES string of the molecule is O=C(Cc1ccc(C(=O)c2c[nH]c3ncccc23)cn1)c1ccc(C(F)(F)F)cc1. The second kappa shape index (κ2) is 7.55. The first-order valence-corrected chi connectivity index (χ1v) is 8.95. The van der Waals surface area contributed by atoms with Crippen molar-refractivity contribution < 1.29 is 22.8 Å². The van der Waals surface area contributed by atoms with Crippen LogP contribution in [0.5, 0.6) is 0 Å². The highest BCUT2D eigenvalue weighted by Crippen LogP contribution is 2.29. The summed E-state index contributed by atoms with van der Waals surface area (Å²) in [6, 6.07) is 10.7. The number of fused-ring (bicyclic) bond motifs is 1. The van der Waals surface area contributed by atoms with E-state index in [4.69, 9.17) is 0 Å². The van der Waals surface area contributed by atoms with E-state index in [1.807, 2.05) is 0 Å². The van der Waals surface area contributed by atoms with Crippen LogP contribution in [0.1, 0.15) is 37.5 Å². The summed E-state index contributed by atoms with van der Waals surface area (Å²) in [5.41, 5.74) is 1.19. The monoisotopic (exact) mass is 409 g/mol. The van der Waals surface area contributed by atoms with E-state index in [1.54, 1.807) is 36.7 Å². The van der Waals surface area contributed by atoms with Gasteiger partial charge in [-0.15, -0.1) is 0 Å². The third-order valence-electron chi connectivity index (χ3n) is 4.66. The van der Waals surface area contributed by atoms with Crippen molar-refractivity contribution in [1.29, 1.82) is 0 Å². The first kappa shape index (κ1) is 19.5. The van der Waals surface area contributed by atoms with Gasteiger partial charge in [-0.2, -0.15) is 13.2 Å². The highest BCUT2D eigenvalue weighted by molar-refractivity contribution is 6.15. The molecule has 0 saturated heterocycles. The fourth-order valence-electron chi connectivity index (χ4n) is 3.07. The Bertz CT molecular complexity index is 1230. The Kier molecular flexibility index (Phi) is 4.91. The number of benzene rings is 1. The van der Waals surface area contributed by atoms with Gasteiger partial charge in [0, 0.05) is 46.4 Å². The number of hydrogen-bond acceptors (Lipinski definition) is 4. The third-order valence-corrected chi connectivity index (χ3v) is 4.66. The molecular formula is C22H14F3N3O2. The van der Waals surface area contributed by atoms with Crippen LogP contribution in [-0.4, -0.2) is 26.5 Å². The Morgan fingerprint density at radius 2 is 1.67 bits per heavy atom. The lowest BCUT2D eigenvalue weighted by Gasteiger charge is -2.07. The molecule has 0 aliphatic heterocycles. The molecule has 30 heavy (non-hydrogen) atoms. The molecule has 0 radical (unpaired) electrons. The van der Waals surface area contributed by atoms with Crippen molar-refractivity contribution in [2.45, 2.75) is 12.6 Å². The molecule has 1 N–H and O–H groups in total. The number of hydrogen-bond donors (Lipinski definition) is 1. The van der Waals surface area contributed by atoms with Gasteiger partial charge >= 0.3 is 6.18 Å². The Morgan fingerprint density at radius 1 is 0.933 bits per heavy atom. The molecule has 3 heterocycles. The molecule has 150 valence electrons. The number of carbonyl (C=O) groups is 2. The van der Waals surface area contributed by atoms with E-state index in [0.717, 1.165) is 24.3 Å². The Hall–Kier alpha value is -3.81. The van der Waals surface area contributed by atoms with E-state index in [9.17, 15) is 22.8 Å². The van der Waals surface area contributed by atoms with Gasteiger partial charge in [0.2, 0.25) is 0 Å². The average Bonchev–Trinajstić information content (AvgIpc) is 3.17. The molecule has 1 aromatic carbocycles. The summed E-state index contributed by atoms with van der Waals surface area (Å²) < 4.78 is 37.9. The van der Waals surface area contributed by atoms with Gasteiger partial charge in [-0.1, -0.05) is 12.1 Å². The van der Waals surface area contributed by atoms with Crippen LogP contribution in [0.4, 0.5) is 13.2 Å². The molecule has 0 unspecified atom stereocenters. The van der Waals surface area contributed by atoms with E-state index < -0.39 is 11.7 Å². The fraction of sp³-hybridized carbons (Fsp3) is 0.0909. The zero-order valence-corrected chi connectivity index (χ0v) is 15.4. The molecule has 3 aromatic heterocycles. The number of rotatable bonds is 5. The first-order valence-electron chi connectivity index (χ1n) is 8.95. The van der Waals surface area contributed by atoms with Crippen molar-refractivity contribution in [3.05, 3.63) is 95.1 Å². The number of nitrogens with one attached hydrogen (secondary N) is 1. The minimum absolute atomic E-state index is 0.0865. The number of carbonyl (C=O) groups excluding carboxylic acids is 2. The molecule has 0 amide bonds. The largest absolute Gasteiger partial charge is 0.416 e. The molecule has 8 heteroatoms. The maximum Gasteiger partial charge on any atom is 0.416 e. The van der Waals surface area contributed by atoms with Gasteiger partial charge in [0.25, 0.3) is 0 Å². The van der Waals surface area contributed by atoms with Crippen molar-refractivity contribution in [2.24, 2.45) is 0 Å². The summed E-state index contributed by atoms with van der Waals surface area (Å²) >= 11 is 0. The molecule has 0 spiro atoms. The van der Waals surface area contributed by atoms with Gasteiger partial charge in [0.15, 0.2) is 11.6 Å². The topological polar surface area (TPSA) is 75.7 Å². The Balaban J connectivity index is 1.48. The number of ketones is 2. The number of alkyl halides is 3. The van der Waals surface area contributed by atoms with Crippen molar-refractivity contribution in [3.8, 4) is 0 Å². The molecular weight excluding hydrogens is 395 g/mol. The van der Waals surface area contributed by atoms with Crippen LogP contribution in [0.25, 0.3) is 11.0 Å². The third kappa shape index (κ3) is 3.84. The number of aromatic nitrogens is 3. The molecule has 0 aliphatic carbocycles. The number of aromatic amines is 1. The van der Waals surface area contributed by atoms with Crippen LogP contribution < -0.4 is 0 Å². The first-order chi connectivity index (χ1) is 14.3. The minimum atomic E-state index is -4.45. The molecule has 0 aliphatic rings. The molecule has 4 aromatic rings. The van der Waals surface area contributed by atoms with E-state index in [2.05, 4.69) is 15.0 Å². The van der Waals surface area contributed by atoms with Gasteiger partial charge in [-0.3, -0.25) is 14.6 Å². The van der Waals surface area contributed by atoms with Gasteiger partial charge in [0.1, 0.15) is 5.65 Å². The molecule has 0 saturated carbocycles. The zero-order valence-electron chi connectivity index (χ0n) is 15.4. The van der Waals surface area contributed by atoms with E-state index >= 15 is 0 Å². The number of halogens is 3. The lowest BCUT2D eigenvalue weighted by molar-refractivity contribution is -0.137. The minimum Gasteiger partial charge on any atom is -0.345 e. The van der Waals surface area contributed by atoms with Crippen LogP contribution in [0, 0.1) is 0 Å². The fourth-order valence-corrected chi connectivity index (χ4v) is 3.07. The summed E-state index contributed by atoms with van der Waals surface area (Å²) in [5.74, 6) is -0.597. The van der Waals surface area contributed by atoms with Crippen LogP contribution >= 0.6 is 0 Å². The lowest BCUT2D eigenvalue weighted by Crippen LogP contribution is -2.08. The van der Waals surface area contributed by atoms with E-state index in [-0.39, 0.29) is 23.6 Å². The van der Waals surface area contributed by atoms with Gasteiger partial charge in [0.05, 0.1) is 12.0 Å². The van der Waals surface area contributed by atoms with Crippen LogP contribution in [0.15, 0.2) is 67.1 Å². The summed E-state index contributed by atoms with van der Waals surface area (Å²) in [5, 5.41) is 0.698. The van der Waals surface area contributed by atoms with Gasteiger partial charge in [-0.25, -0.2) is 4.98 Å². The smallest absolute Gasteiger partial charge is 0.345 e. The van der Waals surface area contributed by atoms with E-state index in [0.29, 0.717) is 27.9 Å². The van der Waals surface area contributed by atoms with Gasteiger partial charge in [-0.05, 0) is 36.4 Å². The van der Waals surface area contributed by atoms with Crippen molar-refractivity contribution in [1.82, 2.24) is 15.0 Å². The van der Waals surface area contributed by atoms with Crippen LogP contribution in [0.3, 0.4) is 0 Å². The van der Waals surface area contributed by atoms with Crippen molar-refractivity contribution >= 4 is 22.6 Å². The van der Waals surface area contributed by atoms with E-state index in [1.165, 1.54) is 6.20 Å². The standard InChI is InChI=1S/C22H14F3N3O2/c23-22(24,25)15-6-3-13(4-7-15)19(29)10-16-8-5-14(11-27-16)20(30)18-12-28-21-17(18)2-1-9-26-21/h1-9,11-12H,10H2,(H,26,28). The molecule has 0 bridgehead atoms. The summed E-state index contributed by atoms with van der Waals surface area (Å²) in [6.07, 6.45) is 0.0508. The van der Waals surface area contributed by atoms with Gasteiger partial charge < -0.3 is 4.98 Å². The highest BCUT2D eigenvalue weighted by atomic mass is 19.4. The second-order valence-corrected chi connectivity index (χ2v) is 6.64. The van der Waals surface area contributed by atoms with Crippen molar-refractivity contribution in [2.75, 3.05) is 0 Å². The quantitative estimate of drug-likeness (QED) is 0.488. The zero-order chi connectivity index (χ0) is 21.3. The number of H-pyrrole nitrogens is 1. The number of nitrogens with zero attached hydrogens (tertiary/aromatic N) is 2. The molecule has 4 rings (SSSR count). The Labute approximate surface area is 168 Å². The lowest BCUT2D eigenvalue weighted by atomic mass is 10.0. The predicted octanol–water partition coefficient (Wildman–Crippen LogP) is 4.63.